The van der Waals surface area contributed by atoms with Crippen LogP contribution in [0.3, 0.4) is 0 Å². The summed E-state index contributed by atoms with van der Waals surface area (Å²) in [6, 6.07) is 1.74. The molecule has 20 heavy (non-hydrogen) atoms. The molecule has 5 heteroatoms. The number of nitrogens with one attached hydrogen (secondary N) is 1. The first kappa shape index (κ1) is 18.5. The van der Waals surface area contributed by atoms with Gasteiger partial charge in [-0.25, -0.2) is 4.79 Å². The summed E-state index contributed by atoms with van der Waals surface area (Å²) in [6.45, 7) is 13.6. The van der Waals surface area contributed by atoms with Crippen molar-refractivity contribution in [1.82, 2.24) is 5.16 Å². The van der Waals surface area contributed by atoms with Crippen LogP contribution in [0.5, 0.6) is 0 Å². The molecule has 5 nitrogen and oxygen atoms in total. The maximum absolute atomic E-state index is 11.5. The van der Waals surface area contributed by atoms with Crippen molar-refractivity contribution in [1.29, 1.82) is 0 Å². The third kappa shape index (κ3) is 7.16. The van der Waals surface area contributed by atoms with E-state index >= 15 is 0 Å². The van der Waals surface area contributed by atoms with Crippen molar-refractivity contribution >= 4 is 12.0 Å². The smallest absolute Gasteiger partial charge is 0.414 e. The number of anilines is 1. The monoisotopic (exact) mass is 284 g/mol. The molecule has 0 radical (unpaired) electrons. The second-order valence-corrected chi connectivity index (χ2v) is 5.43. The van der Waals surface area contributed by atoms with Gasteiger partial charge in [0.1, 0.15) is 5.60 Å². The van der Waals surface area contributed by atoms with Crippen molar-refractivity contribution < 1.29 is 14.1 Å². The van der Waals surface area contributed by atoms with E-state index in [1.165, 1.54) is 0 Å². The first-order valence-corrected chi connectivity index (χ1v) is 7.28. The summed E-state index contributed by atoms with van der Waals surface area (Å²) in [7, 11) is 0. The Balaban J connectivity index is 0.00000172. The number of aromatic nitrogens is 1. The average Bonchev–Trinajstić information content (AvgIpc) is 2.78. The van der Waals surface area contributed by atoms with Gasteiger partial charge in [0.25, 0.3) is 0 Å². The molecular formula is C15H28N2O3. The zero-order valence-electron chi connectivity index (χ0n) is 13.7. The highest BCUT2D eigenvalue weighted by molar-refractivity contribution is 5.83. The predicted molar refractivity (Wildman–Crippen MR) is 81.0 cm³/mol. The van der Waals surface area contributed by atoms with Gasteiger partial charge in [0, 0.05) is 12.0 Å². The van der Waals surface area contributed by atoms with Crippen molar-refractivity contribution in [2.75, 3.05) is 5.32 Å². The summed E-state index contributed by atoms with van der Waals surface area (Å²) in [4.78, 5) is 11.5. The van der Waals surface area contributed by atoms with E-state index in [0.717, 1.165) is 18.5 Å². The molecule has 1 aromatic rings. The number of rotatable bonds is 4. The number of ether oxygens (including phenoxy) is 1. The maximum Gasteiger partial charge on any atom is 0.414 e. The molecule has 116 valence electrons. The van der Waals surface area contributed by atoms with Crippen LogP contribution in [0, 0.1) is 0 Å². The van der Waals surface area contributed by atoms with Crippen LogP contribution in [0.2, 0.25) is 0 Å². The molecule has 0 saturated carbocycles. The highest BCUT2D eigenvalue weighted by Crippen LogP contribution is 2.22. The van der Waals surface area contributed by atoms with E-state index in [2.05, 4.69) is 24.3 Å². The number of carbonyl (C=O) groups excluding carboxylic acids is 1. The zero-order valence-corrected chi connectivity index (χ0v) is 13.7. The minimum atomic E-state index is -0.534. The molecule has 1 rings (SSSR count). The van der Waals surface area contributed by atoms with E-state index < -0.39 is 11.7 Å². The topological polar surface area (TPSA) is 64.4 Å². The zero-order chi connectivity index (χ0) is 15.8. The van der Waals surface area contributed by atoms with Crippen molar-refractivity contribution in [3.8, 4) is 0 Å². The largest absolute Gasteiger partial charge is 0.444 e. The number of hydrogen-bond donors (Lipinski definition) is 1. The van der Waals surface area contributed by atoms with E-state index in [-0.39, 0.29) is 0 Å². The van der Waals surface area contributed by atoms with E-state index in [4.69, 9.17) is 9.26 Å². The van der Waals surface area contributed by atoms with Crippen LogP contribution in [0.1, 0.15) is 72.9 Å². The van der Waals surface area contributed by atoms with E-state index in [1.807, 2.05) is 34.6 Å². The van der Waals surface area contributed by atoms with Gasteiger partial charge < -0.3 is 9.26 Å². The second kappa shape index (κ2) is 8.61. The van der Waals surface area contributed by atoms with Gasteiger partial charge in [0.15, 0.2) is 0 Å². The van der Waals surface area contributed by atoms with Crippen LogP contribution in [-0.2, 0) is 4.74 Å². The number of amides is 1. The van der Waals surface area contributed by atoms with Crippen molar-refractivity contribution in [2.24, 2.45) is 0 Å². The van der Waals surface area contributed by atoms with Crippen molar-refractivity contribution in [3.05, 3.63) is 11.8 Å². The summed E-state index contributed by atoms with van der Waals surface area (Å²) in [5, 5.41) is 6.46. The van der Waals surface area contributed by atoms with Crippen LogP contribution in [0.25, 0.3) is 0 Å². The van der Waals surface area contributed by atoms with Crippen LogP contribution in [0.15, 0.2) is 10.6 Å². The molecule has 0 spiro atoms. The minimum Gasteiger partial charge on any atom is -0.444 e. The first-order valence-electron chi connectivity index (χ1n) is 7.28. The highest BCUT2D eigenvalue weighted by Gasteiger charge is 2.18. The van der Waals surface area contributed by atoms with Crippen molar-refractivity contribution in [3.63, 3.8) is 0 Å². The summed E-state index contributed by atoms with van der Waals surface area (Å²) in [6.07, 6.45) is 1.59. The standard InChI is InChI=1S/C13H22N2O3.C2H6/c1-6-7-9(2)10-8-11(18-15-10)14-12(16)17-13(3,4)5;1-2/h8-9H,6-7H2,1-5H3,(H,14,16);1-2H3. The average molecular weight is 284 g/mol. The quantitative estimate of drug-likeness (QED) is 0.849. The van der Waals surface area contributed by atoms with Gasteiger partial charge in [-0.05, 0) is 27.2 Å². The Morgan fingerprint density at radius 2 is 2.05 bits per heavy atom. The number of carbonyl (C=O) groups is 1. The molecule has 0 fully saturated rings. The molecule has 0 aliphatic carbocycles. The lowest BCUT2D eigenvalue weighted by molar-refractivity contribution is 0.0631. The Kier molecular flexibility index (Phi) is 7.96. The lowest BCUT2D eigenvalue weighted by atomic mass is 10.0. The summed E-state index contributed by atoms with van der Waals surface area (Å²) in [5.74, 6) is 0.648. The molecule has 0 saturated heterocycles. The normalized spacial score (nSPS) is 12.2. The maximum atomic E-state index is 11.5. The Morgan fingerprint density at radius 1 is 1.45 bits per heavy atom. The Bertz CT molecular complexity index is 394. The van der Waals surface area contributed by atoms with Gasteiger partial charge in [-0.3, -0.25) is 5.32 Å². The molecular weight excluding hydrogens is 256 g/mol. The van der Waals surface area contributed by atoms with Crippen LogP contribution < -0.4 is 5.32 Å². The summed E-state index contributed by atoms with van der Waals surface area (Å²) >= 11 is 0. The Morgan fingerprint density at radius 3 is 2.55 bits per heavy atom. The third-order valence-corrected chi connectivity index (χ3v) is 2.38. The van der Waals surface area contributed by atoms with Crippen LogP contribution in [-0.4, -0.2) is 16.9 Å². The molecule has 1 unspecified atom stereocenters. The third-order valence-electron chi connectivity index (χ3n) is 2.38. The number of nitrogens with zero attached hydrogens (tertiary/aromatic N) is 1. The Hall–Kier alpha value is -1.52. The second-order valence-electron chi connectivity index (χ2n) is 5.43. The predicted octanol–water partition coefficient (Wildman–Crippen LogP) is 4.95. The molecule has 0 aromatic carbocycles. The Labute approximate surface area is 122 Å². The first-order chi connectivity index (χ1) is 9.31. The minimum absolute atomic E-state index is 0.321. The molecule has 1 N–H and O–H groups in total. The molecule has 0 aliphatic heterocycles. The van der Waals surface area contributed by atoms with Gasteiger partial charge in [0.2, 0.25) is 5.88 Å². The van der Waals surface area contributed by atoms with Gasteiger partial charge in [-0.15, -0.1) is 0 Å². The highest BCUT2D eigenvalue weighted by atomic mass is 16.6. The molecule has 0 bridgehead atoms. The molecule has 1 amide bonds. The summed E-state index contributed by atoms with van der Waals surface area (Å²) in [5.41, 5.74) is 0.325. The van der Waals surface area contributed by atoms with Crippen LogP contribution >= 0.6 is 0 Å². The molecule has 0 aliphatic rings. The number of hydrogen-bond acceptors (Lipinski definition) is 4. The van der Waals surface area contributed by atoms with Gasteiger partial charge in [-0.1, -0.05) is 39.3 Å². The van der Waals surface area contributed by atoms with Gasteiger partial charge in [0.05, 0.1) is 5.69 Å². The van der Waals surface area contributed by atoms with E-state index in [1.54, 1.807) is 6.07 Å². The fourth-order valence-electron chi connectivity index (χ4n) is 1.57. The fourth-order valence-corrected chi connectivity index (χ4v) is 1.57. The lowest BCUT2D eigenvalue weighted by Gasteiger charge is -2.18. The fraction of sp³-hybridized carbons (Fsp3) is 0.733. The SMILES string of the molecule is CC.CCCC(C)c1cc(NC(=O)OC(C)(C)C)on1. The molecule has 1 atom stereocenters. The van der Waals surface area contributed by atoms with Crippen molar-refractivity contribution in [2.45, 2.75) is 72.8 Å². The lowest BCUT2D eigenvalue weighted by Crippen LogP contribution is -2.27. The van der Waals surface area contributed by atoms with Gasteiger partial charge in [-0.2, -0.15) is 0 Å². The molecule has 1 aromatic heterocycles. The van der Waals surface area contributed by atoms with E-state index in [9.17, 15) is 4.79 Å². The van der Waals surface area contributed by atoms with E-state index in [0.29, 0.717) is 11.8 Å². The van der Waals surface area contributed by atoms with Crippen LogP contribution in [0.4, 0.5) is 10.7 Å². The summed E-state index contributed by atoms with van der Waals surface area (Å²) < 4.78 is 10.2. The van der Waals surface area contributed by atoms with Gasteiger partial charge >= 0.3 is 6.09 Å². The molecule has 1 heterocycles.